The van der Waals surface area contributed by atoms with Crippen LogP contribution in [0, 0.1) is 12.3 Å². The molecular weight excluding hydrogens is 456 g/mol. The Balaban J connectivity index is 1.61. The minimum Gasteiger partial charge on any atom is -0.433 e. The number of benzene rings is 3. The Bertz CT molecular complexity index is 1110. The van der Waals surface area contributed by atoms with Crippen molar-refractivity contribution in [3.05, 3.63) is 108 Å². The van der Waals surface area contributed by atoms with E-state index in [1.807, 2.05) is 91.0 Å². The van der Waals surface area contributed by atoms with Crippen LogP contribution in [0.5, 0.6) is 0 Å². The van der Waals surface area contributed by atoms with Gasteiger partial charge < -0.3 is 23.7 Å². The number of ether oxygens (including phenoxy) is 5. The van der Waals surface area contributed by atoms with Gasteiger partial charge in [-0.3, -0.25) is 4.79 Å². The van der Waals surface area contributed by atoms with E-state index >= 15 is 0 Å². The van der Waals surface area contributed by atoms with Crippen molar-refractivity contribution in [3.63, 3.8) is 0 Å². The van der Waals surface area contributed by atoms with Gasteiger partial charge >= 0.3 is 5.97 Å². The van der Waals surface area contributed by atoms with Crippen LogP contribution in [-0.4, -0.2) is 36.7 Å². The Hall–Kier alpha value is -3.47. The fraction of sp³-hybridized carbons (Fsp3) is 0.300. The van der Waals surface area contributed by atoms with E-state index in [1.54, 1.807) is 0 Å². The highest BCUT2D eigenvalue weighted by Gasteiger charge is 2.49. The quantitative estimate of drug-likeness (QED) is 0.307. The Kier molecular flexibility index (Phi) is 9.26. The van der Waals surface area contributed by atoms with E-state index in [-0.39, 0.29) is 6.61 Å². The maximum atomic E-state index is 11.9. The largest absolute Gasteiger partial charge is 0.433 e. The van der Waals surface area contributed by atoms with E-state index in [9.17, 15) is 4.79 Å². The van der Waals surface area contributed by atoms with Crippen molar-refractivity contribution in [2.45, 2.75) is 57.5 Å². The smallest absolute Gasteiger partial charge is 0.305 e. The summed E-state index contributed by atoms with van der Waals surface area (Å²) in [5.74, 6) is 2.14. The highest BCUT2D eigenvalue weighted by Crippen LogP contribution is 2.31. The third-order valence-electron chi connectivity index (χ3n) is 5.80. The van der Waals surface area contributed by atoms with Gasteiger partial charge in [0.15, 0.2) is 6.10 Å². The average Bonchev–Trinajstić information content (AvgIpc) is 2.91. The van der Waals surface area contributed by atoms with Crippen molar-refractivity contribution in [3.8, 4) is 12.3 Å². The number of terminal acetylenes is 1. The molecule has 6 nitrogen and oxygen atoms in total. The fourth-order valence-corrected chi connectivity index (χ4v) is 4.05. The van der Waals surface area contributed by atoms with Gasteiger partial charge in [0.05, 0.1) is 19.8 Å². The molecule has 0 spiro atoms. The predicted octanol–water partition coefficient (Wildman–Crippen LogP) is 4.66. The van der Waals surface area contributed by atoms with E-state index in [4.69, 9.17) is 30.1 Å². The van der Waals surface area contributed by atoms with Gasteiger partial charge in [0.25, 0.3) is 0 Å². The molecule has 1 fully saturated rings. The second kappa shape index (κ2) is 13.0. The second-order valence-corrected chi connectivity index (χ2v) is 8.48. The molecule has 6 heteroatoms. The number of hydrogen-bond donors (Lipinski definition) is 0. The molecule has 0 radical (unpaired) electrons. The summed E-state index contributed by atoms with van der Waals surface area (Å²) in [6.07, 6.45) is 1.88. The third-order valence-corrected chi connectivity index (χ3v) is 5.80. The molecule has 0 aliphatic carbocycles. The van der Waals surface area contributed by atoms with Crippen LogP contribution < -0.4 is 0 Å². The number of esters is 1. The van der Waals surface area contributed by atoms with Crippen molar-refractivity contribution < 1.29 is 28.5 Å². The standard InChI is InChI=1S/C30H30O6/c1-3-26-27(32-19-23-13-7-4-8-14-23)28(33-20-24-15-9-5-10-16-24)29(30(36-26)35-22(2)31)34-21-25-17-11-6-12-18-25/h1,4-18,26-30H,19-21H2,2H3/t26-,27-,28+,29+,30+/m1/s1. The molecule has 0 amide bonds. The zero-order valence-corrected chi connectivity index (χ0v) is 20.2. The van der Waals surface area contributed by atoms with Gasteiger partial charge in [-0.05, 0) is 16.7 Å². The molecule has 5 atom stereocenters. The summed E-state index contributed by atoms with van der Waals surface area (Å²) in [7, 11) is 0. The average molecular weight is 487 g/mol. The van der Waals surface area contributed by atoms with Crippen molar-refractivity contribution in [1.29, 1.82) is 0 Å². The Morgan fingerprint density at radius 3 is 1.56 bits per heavy atom. The van der Waals surface area contributed by atoms with Crippen molar-refractivity contribution in [2.75, 3.05) is 0 Å². The molecule has 1 aliphatic heterocycles. The SMILES string of the molecule is C#C[C@H]1O[C@H](OC(C)=O)[C@@H](OCc2ccccc2)[C@@H](OCc2ccccc2)[C@@H]1OCc1ccccc1. The molecule has 1 heterocycles. The van der Waals surface area contributed by atoms with Crippen molar-refractivity contribution in [1.82, 2.24) is 0 Å². The van der Waals surface area contributed by atoms with Gasteiger partial charge in [-0.25, -0.2) is 0 Å². The summed E-state index contributed by atoms with van der Waals surface area (Å²) < 4.78 is 30.5. The Morgan fingerprint density at radius 2 is 1.14 bits per heavy atom. The number of carbonyl (C=O) groups excluding carboxylic acids is 1. The summed E-state index contributed by atoms with van der Waals surface area (Å²) in [4.78, 5) is 11.9. The van der Waals surface area contributed by atoms with E-state index in [0.29, 0.717) is 13.2 Å². The summed E-state index contributed by atoms with van der Waals surface area (Å²) >= 11 is 0. The Labute approximate surface area is 212 Å². The molecule has 0 N–H and O–H groups in total. The fourth-order valence-electron chi connectivity index (χ4n) is 4.05. The van der Waals surface area contributed by atoms with Gasteiger partial charge in [0.2, 0.25) is 6.29 Å². The van der Waals surface area contributed by atoms with Crippen LogP contribution in [0.15, 0.2) is 91.0 Å². The summed E-state index contributed by atoms with van der Waals surface area (Å²) in [6, 6.07) is 29.3. The number of carbonyl (C=O) groups is 1. The highest BCUT2D eigenvalue weighted by atomic mass is 16.7. The van der Waals surface area contributed by atoms with Gasteiger partial charge in [0.1, 0.15) is 18.3 Å². The molecule has 3 aromatic carbocycles. The van der Waals surface area contributed by atoms with Crippen molar-refractivity contribution in [2.24, 2.45) is 0 Å². The lowest BCUT2D eigenvalue weighted by Gasteiger charge is -2.44. The molecule has 1 aliphatic rings. The van der Waals surface area contributed by atoms with Crippen LogP contribution in [0.4, 0.5) is 0 Å². The first-order valence-corrected chi connectivity index (χ1v) is 11.9. The van der Waals surface area contributed by atoms with Crippen LogP contribution in [-0.2, 0) is 48.3 Å². The minimum atomic E-state index is -1.05. The lowest BCUT2D eigenvalue weighted by Crippen LogP contribution is -2.60. The zero-order valence-electron chi connectivity index (χ0n) is 20.2. The van der Waals surface area contributed by atoms with Crippen LogP contribution in [0.2, 0.25) is 0 Å². The molecule has 0 bridgehead atoms. The normalized spacial score (nSPS) is 23.5. The molecule has 36 heavy (non-hydrogen) atoms. The summed E-state index contributed by atoms with van der Waals surface area (Å²) in [5, 5.41) is 0. The van der Waals surface area contributed by atoms with Gasteiger partial charge in [0, 0.05) is 6.92 Å². The van der Waals surface area contributed by atoms with E-state index in [1.165, 1.54) is 6.92 Å². The Morgan fingerprint density at radius 1 is 0.722 bits per heavy atom. The molecular formula is C30H30O6. The van der Waals surface area contributed by atoms with E-state index < -0.39 is 36.7 Å². The summed E-state index contributed by atoms with van der Waals surface area (Å²) in [5.41, 5.74) is 2.93. The first-order valence-electron chi connectivity index (χ1n) is 11.9. The molecule has 0 saturated carbocycles. The monoisotopic (exact) mass is 486 g/mol. The van der Waals surface area contributed by atoms with Gasteiger partial charge in [-0.2, -0.15) is 0 Å². The van der Waals surface area contributed by atoms with Crippen LogP contribution in [0.1, 0.15) is 23.6 Å². The second-order valence-electron chi connectivity index (χ2n) is 8.48. The van der Waals surface area contributed by atoms with Crippen LogP contribution in [0.25, 0.3) is 0 Å². The van der Waals surface area contributed by atoms with Gasteiger partial charge in [-0.15, -0.1) is 6.42 Å². The molecule has 1 saturated heterocycles. The molecule has 4 rings (SSSR count). The lowest BCUT2D eigenvalue weighted by atomic mass is 9.98. The van der Waals surface area contributed by atoms with E-state index in [0.717, 1.165) is 16.7 Å². The minimum absolute atomic E-state index is 0.268. The molecule has 0 unspecified atom stereocenters. The number of hydrogen-bond acceptors (Lipinski definition) is 6. The maximum absolute atomic E-state index is 11.9. The topological polar surface area (TPSA) is 63.2 Å². The maximum Gasteiger partial charge on any atom is 0.305 e. The van der Waals surface area contributed by atoms with Crippen LogP contribution >= 0.6 is 0 Å². The first kappa shape index (κ1) is 25.6. The van der Waals surface area contributed by atoms with Gasteiger partial charge in [-0.1, -0.05) is 96.9 Å². The predicted molar refractivity (Wildman–Crippen MR) is 134 cm³/mol. The molecule has 186 valence electrons. The first-order chi connectivity index (χ1) is 17.6. The van der Waals surface area contributed by atoms with Crippen molar-refractivity contribution >= 4 is 5.97 Å². The third kappa shape index (κ3) is 7.03. The molecule has 3 aromatic rings. The van der Waals surface area contributed by atoms with Crippen LogP contribution in [0.3, 0.4) is 0 Å². The lowest BCUT2D eigenvalue weighted by molar-refractivity contribution is -0.304. The zero-order chi connectivity index (χ0) is 25.2. The number of rotatable bonds is 10. The summed E-state index contributed by atoms with van der Waals surface area (Å²) in [6.45, 7) is 2.19. The molecule has 0 aromatic heterocycles. The van der Waals surface area contributed by atoms with E-state index in [2.05, 4.69) is 5.92 Å². The highest BCUT2D eigenvalue weighted by molar-refractivity contribution is 5.66.